The summed E-state index contributed by atoms with van der Waals surface area (Å²) in [4.78, 5) is 12.0. The number of aryl methyl sites for hydroxylation is 1. The highest BCUT2D eigenvalue weighted by molar-refractivity contribution is 7.99. The van der Waals surface area contributed by atoms with Crippen molar-refractivity contribution in [1.29, 1.82) is 5.26 Å². The van der Waals surface area contributed by atoms with E-state index >= 15 is 0 Å². The molecule has 0 saturated carbocycles. The summed E-state index contributed by atoms with van der Waals surface area (Å²) in [7, 11) is 0. The van der Waals surface area contributed by atoms with Gasteiger partial charge in [-0.25, -0.2) is 0 Å². The molecule has 1 heterocycles. The molecule has 0 atom stereocenters. The van der Waals surface area contributed by atoms with E-state index < -0.39 is 0 Å². The molecule has 118 valence electrons. The molecule has 0 radical (unpaired) electrons. The second-order valence-corrected chi connectivity index (χ2v) is 5.74. The quantitative estimate of drug-likeness (QED) is 0.624. The maximum absolute atomic E-state index is 12.0. The van der Waals surface area contributed by atoms with Crippen LogP contribution < -0.4 is 5.32 Å². The summed E-state index contributed by atoms with van der Waals surface area (Å²) in [6.45, 7) is 6.18. The fraction of sp³-hybridized carbons (Fsp3) is 0.250. The lowest BCUT2D eigenvalue weighted by Gasteiger charge is -2.07. The summed E-state index contributed by atoms with van der Waals surface area (Å²) in [5.74, 6) is 0.921. The van der Waals surface area contributed by atoms with Gasteiger partial charge in [-0.05, 0) is 24.6 Å². The third-order valence-corrected chi connectivity index (χ3v) is 4.03. The van der Waals surface area contributed by atoms with Crippen molar-refractivity contribution in [2.24, 2.45) is 0 Å². The van der Waals surface area contributed by atoms with Crippen LogP contribution in [0.25, 0.3) is 0 Å². The van der Waals surface area contributed by atoms with Gasteiger partial charge in [0.05, 0.1) is 18.2 Å². The molecule has 0 unspecified atom stereocenters. The molecule has 0 aliphatic carbocycles. The summed E-state index contributed by atoms with van der Waals surface area (Å²) >= 11 is 1.33. The number of carbonyl (C=O) groups excluding carboxylic acids is 1. The van der Waals surface area contributed by atoms with Crippen LogP contribution in [0.5, 0.6) is 0 Å². The number of hydrogen-bond donors (Lipinski definition) is 1. The van der Waals surface area contributed by atoms with Crippen molar-refractivity contribution >= 4 is 23.4 Å². The lowest BCUT2D eigenvalue weighted by Crippen LogP contribution is -2.14. The van der Waals surface area contributed by atoms with E-state index in [-0.39, 0.29) is 11.7 Å². The molecule has 1 N–H and O–H groups in total. The Bertz CT molecular complexity index is 730. The molecular formula is C16H17N5OS. The summed E-state index contributed by atoms with van der Waals surface area (Å²) < 4.78 is 1.90. The maximum atomic E-state index is 12.0. The van der Waals surface area contributed by atoms with Gasteiger partial charge in [0, 0.05) is 12.2 Å². The lowest BCUT2D eigenvalue weighted by atomic mass is 10.1. The van der Waals surface area contributed by atoms with Gasteiger partial charge >= 0.3 is 0 Å². The normalized spacial score (nSPS) is 10.1. The third-order valence-electron chi connectivity index (χ3n) is 3.07. The molecule has 1 amide bonds. The first kappa shape index (κ1) is 16.8. The van der Waals surface area contributed by atoms with Gasteiger partial charge in [-0.1, -0.05) is 30.0 Å². The average molecular weight is 327 g/mol. The Balaban J connectivity index is 1.90. The minimum atomic E-state index is -0.117. The van der Waals surface area contributed by atoms with E-state index in [1.807, 2.05) is 23.6 Å². The number of nitrogens with zero attached hydrogens (tertiary/aromatic N) is 4. The van der Waals surface area contributed by atoms with E-state index in [1.54, 1.807) is 18.2 Å². The van der Waals surface area contributed by atoms with Crippen LogP contribution in [0.3, 0.4) is 0 Å². The van der Waals surface area contributed by atoms with Gasteiger partial charge in [0.1, 0.15) is 5.82 Å². The van der Waals surface area contributed by atoms with Gasteiger partial charge < -0.3 is 9.88 Å². The highest BCUT2D eigenvalue weighted by atomic mass is 32.2. The zero-order valence-corrected chi connectivity index (χ0v) is 13.6. The van der Waals surface area contributed by atoms with Crippen molar-refractivity contribution in [3.05, 3.63) is 48.3 Å². The predicted octanol–water partition coefficient (Wildman–Crippen LogP) is 2.57. The largest absolute Gasteiger partial charge is 0.325 e. The number of nitriles is 1. The first-order chi connectivity index (χ1) is 11.1. The zero-order chi connectivity index (χ0) is 16.7. The second kappa shape index (κ2) is 8.15. The van der Waals surface area contributed by atoms with Crippen LogP contribution in [-0.2, 0) is 17.8 Å². The standard InChI is InChI=1S/C16H17N5OS/c1-3-10-21-12(2)19-20-16(21)23-11-15(22)18-14-6-4-13(5-7-14)8-9-17/h3-7H,1,8,10-11H2,2H3,(H,18,22). The van der Waals surface area contributed by atoms with Crippen LogP contribution in [0.15, 0.2) is 42.1 Å². The van der Waals surface area contributed by atoms with Crippen molar-refractivity contribution in [1.82, 2.24) is 14.8 Å². The number of anilines is 1. The number of thioether (sulfide) groups is 1. The van der Waals surface area contributed by atoms with Crippen molar-refractivity contribution in [2.45, 2.75) is 25.0 Å². The predicted molar refractivity (Wildman–Crippen MR) is 90.1 cm³/mol. The highest BCUT2D eigenvalue weighted by Gasteiger charge is 2.11. The fourth-order valence-corrected chi connectivity index (χ4v) is 2.73. The monoisotopic (exact) mass is 327 g/mol. The van der Waals surface area contributed by atoms with Crippen LogP contribution in [0, 0.1) is 18.3 Å². The van der Waals surface area contributed by atoms with Gasteiger partial charge in [0.15, 0.2) is 5.16 Å². The van der Waals surface area contributed by atoms with E-state index in [1.165, 1.54) is 11.8 Å². The van der Waals surface area contributed by atoms with Gasteiger partial charge in [0.2, 0.25) is 5.91 Å². The SMILES string of the molecule is C=CCn1c(C)nnc1SCC(=O)Nc1ccc(CC#N)cc1. The zero-order valence-electron chi connectivity index (χ0n) is 12.8. The van der Waals surface area contributed by atoms with Gasteiger partial charge in [-0.2, -0.15) is 5.26 Å². The summed E-state index contributed by atoms with van der Waals surface area (Å²) in [5, 5.41) is 20.2. The summed E-state index contributed by atoms with van der Waals surface area (Å²) in [5.41, 5.74) is 1.63. The van der Waals surface area contributed by atoms with Crippen LogP contribution >= 0.6 is 11.8 Å². The number of nitrogens with one attached hydrogen (secondary N) is 1. The topological polar surface area (TPSA) is 83.6 Å². The Morgan fingerprint density at radius 1 is 1.43 bits per heavy atom. The Hall–Kier alpha value is -2.59. The number of rotatable bonds is 7. The fourth-order valence-electron chi connectivity index (χ4n) is 1.93. The minimum Gasteiger partial charge on any atom is -0.325 e. The van der Waals surface area contributed by atoms with Crippen molar-refractivity contribution in [3.63, 3.8) is 0 Å². The number of amides is 1. The van der Waals surface area contributed by atoms with Gasteiger partial charge in [0.25, 0.3) is 0 Å². The molecule has 23 heavy (non-hydrogen) atoms. The van der Waals surface area contributed by atoms with Crippen LogP contribution in [0.2, 0.25) is 0 Å². The van der Waals surface area contributed by atoms with Crippen LogP contribution in [0.4, 0.5) is 5.69 Å². The van der Waals surface area contributed by atoms with E-state index in [2.05, 4.69) is 28.2 Å². The van der Waals surface area contributed by atoms with E-state index in [0.717, 1.165) is 11.4 Å². The molecule has 1 aromatic heterocycles. The molecule has 0 aliphatic rings. The molecule has 2 rings (SSSR count). The first-order valence-corrected chi connectivity index (χ1v) is 8.02. The third kappa shape index (κ3) is 4.69. The molecule has 2 aromatic rings. The number of benzene rings is 1. The minimum absolute atomic E-state index is 0.117. The molecule has 0 saturated heterocycles. The molecule has 0 bridgehead atoms. The van der Waals surface area contributed by atoms with Crippen molar-refractivity contribution < 1.29 is 4.79 Å². The highest BCUT2D eigenvalue weighted by Crippen LogP contribution is 2.17. The van der Waals surface area contributed by atoms with Crippen molar-refractivity contribution in [3.8, 4) is 6.07 Å². The second-order valence-electron chi connectivity index (χ2n) is 4.80. The van der Waals surface area contributed by atoms with E-state index in [0.29, 0.717) is 23.8 Å². The molecular weight excluding hydrogens is 310 g/mol. The molecule has 7 heteroatoms. The van der Waals surface area contributed by atoms with E-state index in [9.17, 15) is 4.79 Å². The van der Waals surface area contributed by atoms with E-state index in [4.69, 9.17) is 5.26 Å². The number of carbonyl (C=O) groups is 1. The molecule has 0 spiro atoms. The molecule has 6 nitrogen and oxygen atoms in total. The lowest BCUT2D eigenvalue weighted by molar-refractivity contribution is -0.113. The molecule has 0 aliphatic heterocycles. The number of hydrogen-bond acceptors (Lipinski definition) is 5. The van der Waals surface area contributed by atoms with Crippen LogP contribution in [0.1, 0.15) is 11.4 Å². The summed E-state index contributed by atoms with van der Waals surface area (Å²) in [6, 6.07) is 9.33. The number of aromatic nitrogens is 3. The Morgan fingerprint density at radius 3 is 2.83 bits per heavy atom. The van der Waals surface area contributed by atoms with Gasteiger partial charge in [-0.3, -0.25) is 4.79 Å². The Kier molecular flexibility index (Phi) is 5.94. The Morgan fingerprint density at radius 2 is 2.17 bits per heavy atom. The van der Waals surface area contributed by atoms with Crippen molar-refractivity contribution in [2.75, 3.05) is 11.1 Å². The molecule has 1 aromatic carbocycles. The van der Waals surface area contributed by atoms with Crippen LogP contribution in [-0.4, -0.2) is 26.4 Å². The number of allylic oxidation sites excluding steroid dienone is 1. The maximum Gasteiger partial charge on any atom is 0.234 e. The average Bonchev–Trinajstić information content (AvgIpc) is 2.89. The molecule has 0 fully saturated rings. The summed E-state index contributed by atoms with van der Waals surface area (Å²) in [6.07, 6.45) is 2.13. The smallest absolute Gasteiger partial charge is 0.234 e. The Labute approximate surface area is 139 Å². The first-order valence-electron chi connectivity index (χ1n) is 7.03. The van der Waals surface area contributed by atoms with Gasteiger partial charge in [-0.15, -0.1) is 16.8 Å².